The lowest BCUT2D eigenvalue weighted by molar-refractivity contribution is 0.0700. The van der Waals surface area contributed by atoms with Crippen molar-refractivity contribution in [2.45, 2.75) is 24.9 Å². The number of halogens is 2. The van der Waals surface area contributed by atoms with E-state index in [-0.39, 0.29) is 19.0 Å². The van der Waals surface area contributed by atoms with Gasteiger partial charge in [-0.3, -0.25) is 0 Å². The van der Waals surface area contributed by atoms with Gasteiger partial charge in [-0.25, -0.2) is 13.6 Å². The van der Waals surface area contributed by atoms with Gasteiger partial charge in [-0.15, -0.1) is 0 Å². The lowest BCUT2D eigenvalue weighted by atomic mass is 10.0. The first kappa shape index (κ1) is 17.0. The largest absolute Gasteiger partial charge is 0.387 e. The summed E-state index contributed by atoms with van der Waals surface area (Å²) in [5.74, 6) is -0.0178. The molecule has 1 aliphatic rings. The van der Waals surface area contributed by atoms with Crippen molar-refractivity contribution in [3.05, 3.63) is 35.4 Å². The van der Waals surface area contributed by atoms with Crippen molar-refractivity contribution in [1.29, 1.82) is 0 Å². The highest BCUT2D eigenvalue weighted by molar-refractivity contribution is 7.99. The van der Waals surface area contributed by atoms with E-state index in [1.54, 1.807) is 18.7 Å². The van der Waals surface area contributed by atoms with Crippen LogP contribution in [-0.2, 0) is 0 Å². The maximum Gasteiger partial charge on any atom is 0.314 e. The van der Waals surface area contributed by atoms with Crippen molar-refractivity contribution in [2.24, 2.45) is 0 Å². The Kier molecular flexibility index (Phi) is 5.63. The minimum atomic E-state index is -0.837. The number of carbonyl (C=O) groups is 1. The molecular weight excluding hydrogens is 310 g/mol. The third-order valence-corrected chi connectivity index (χ3v) is 4.96. The fourth-order valence-electron chi connectivity index (χ4n) is 2.30. The van der Waals surface area contributed by atoms with E-state index in [0.29, 0.717) is 17.7 Å². The van der Waals surface area contributed by atoms with E-state index in [1.165, 1.54) is 12.1 Å². The van der Waals surface area contributed by atoms with Gasteiger partial charge in [-0.2, -0.15) is 11.8 Å². The second kappa shape index (κ2) is 7.28. The molecule has 0 aromatic heterocycles. The SMILES string of the molecule is CC(CNC(=O)NCC1(O)CCSC1)c1ccc(F)cc1F. The molecule has 0 radical (unpaired) electrons. The monoisotopic (exact) mass is 330 g/mol. The van der Waals surface area contributed by atoms with Crippen molar-refractivity contribution in [3.63, 3.8) is 0 Å². The second-order valence-corrected chi connectivity index (χ2v) is 6.76. The second-order valence-electron chi connectivity index (χ2n) is 5.66. The van der Waals surface area contributed by atoms with Crippen molar-refractivity contribution in [3.8, 4) is 0 Å². The molecule has 2 rings (SSSR count). The first-order valence-corrected chi connectivity index (χ1v) is 8.32. The normalized spacial score (nSPS) is 22.4. The molecule has 22 heavy (non-hydrogen) atoms. The van der Waals surface area contributed by atoms with Gasteiger partial charge in [0.25, 0.3) is 0 Å². The van der Waals surface area contributed by atoms with E-state index in [2.05, 4.69) is 10.6 Å². The van der Waals surface area contributed by atoms with Gasteiger partial charge in [0.2, 0.25) is 0 Å². The minimum Gasteiger partial charge on any atom is -0.387 e. The van der Waals surface area contributed by atoms with Crippen LogP contribution in [-0.4, -0.2) is 41.3 Å². The molecular formula is C15H20F2N2O2S. The molecule has 1 heterocycles. The van der Waals surface area contributed by atoms with Gasteiger partial charge in [-0.1, -0.05) is 13.0 Å². The van der Waals surface area contributed by atoms with E-state index in [0.717, 1.165) is 11.8 Å². The molecule has 1 aromatic rings. The van der Waals surface area contributed by atoms with Crippen molar-refractivity contribution < 1.29 is 18.7 Å². The summed E-state index contributed by atoms with van der Waals surface area (Å²) >= 11 is 1.66. The van der Waals surface area contributed by atoms with Gasteiger partial charge in [0.1, 0.15) is 11.6 Å². The van der Waals surface area contributed by atoms with Gasteiger partial charge >= 0.3 is 6.03 Å². The lowest BCUT2D eigenvalue weighted by Gasteiger charge is -2.22. The molecule has 0 spiro atoms. The first-order valence-electron chi connectivity index (χ1n) is 7.16. The Morgan fingerprint density at radius 3 is 2.86 bits per heavy atom. The van der Waals surface area contributed by atoms with Crippen LogP contribution >= 0.6 is 11.8 Å². The van der Waals surface area contributed by atoms with Crippen LogP contribution in [0.1, 0.15) is 24.8 Å². The molecule has 1 fully saturated rings. The molecule has 2 amide bonds. The minimum absolute atomic E-state index is 0.200. The zero-order valence-corrected chi connectivity index (χ0v) is 13.2. The fraction of sp³-hybridized carbons (Fsp3) is 0.533. The zero-order valence-electron chi connectivity index (χ0n) is 12.4. The number of benzene rings is 1. The van der Waals surface area contributed by atoms with Crippen LogP contribution in [0.4, 0.5) is 13.6 Å². The molecule has 7 heteroatoms. The third kappa shape index (κ3) is 4.58. The predicted octanol–water partition coefficient (Wildman–Crippen LogP) is 2.24. The Morgan fingerprint density at radius 1 is 1.45 bits per heavy atom. The van der Waals surface area contributed by atoms with E-state index < -0.39 is 23.3 Å². The molecule has 2 atom stereocenters. The number of urea groups is 1. The number of amides is 2. The van der Waals surface area contributed by atoms with Crippen LogP contribution in [0.3, 0.4) is 0 Å². The van der Waals surface area contributed by atoms with E-state index in [1.807, 2.05) is 0 Å². The number of thioether (sulfide) groups is 1. The topological polar surface area (TPSA) is 61.4 Å². The van der Waals surface area contributed by atoms with Crippen molar-refractivity contribution in [2.75, 3.05) is 24.6 Å². The number of rotatable bonds is 5. The predicted molar refractivity (Wildman–Crippen MR) is 83.1 cm³/mol. The molecule has 1 saturated heterocycles. The summed E-state index contributed by atoms with van der Waals surface area (Å²) < 4.78 is 26.5. The maximum absolute atomic E-state index is 13.6. The fourth-order valence-corrected chi connectivity index (χ4v) is 3.60. The number of aliphatic hydroxyl groups is 1. The summed E-state index contributed by atoms with van der Waals surface area (Å²) in [5, 5.41) is 15.4. The van der Waals surface area contributed by atoms with Crippen LogP contribution in [0.15, 0.2) is 18.2 Å². The smallest absolute Gasteiger partial charge is 0.314 e. The van der Waals surface area contributed by atoms with Crippen LogP contribution in [0, 0.1) is 11.6 Å². The third-order valence-electron chi connectivity index (χ3n) is 3.72. The molecule has 2 unspecified atom stereocenters. The van der Waals surface area contributed by atoms with Crippen molar-refractivity contribution >= 4 is 17.8 Å². The molecule has 1 aliphatic heterocycles. The molecule has 0 bridgehead atoms. The Labute approximate surface area is 132 Å². The number of hydrogen-bond acceptors (Lipinski definition) is 3. The summed E-state index contributed by atoms with van der Waals surface area (Å²) in [4.78, 5) is 11.7. The maximum atomic E-state index is 13.6. The molecule has 1 aromatic carbocycles. The Bertz CT molecular complexity index is 536. The summed E-state index contributed by atoms with van der Waals surface area (Å²) in [6.07, 6.45) is 0.662. The standard InChI is InChI=1S/C15H20F2N2O2S/c1-10(12-3-2-11(16)6-13(12)17)7-18-14(20)19-8-15(21)4-5-22-9-15/h2-3,6,10,21H,4-5,7-9H2,1H3,(H2,18,19,20). The highest BCUT2D eigenvalue weighted by Crippen LogP contribution is 2.26. The van der Waals surface area contributed by atoms with Gasteiger partial charge in [0, 0.05) is 30.8 Å². The summed E-state index contributed by atoms with van der Waals surface area (Å²) in [6, 6.07) is 3.01. The summed E-state index contributed by atoms with van der Waals surface area (Å²) in [7, 11) is 0. The van der Waals surface area contributed by atoms with Crippen molar-refractivity contribution in [1.82, 2.24) is 10.6 Å². The highest BCUT2D eigenvalue weighted by Gasteiger charge is 2.31. The number of nitrogens with one attached hydrogen (secondary N) is 2. The zero-order chi connectivity index (χ0) is 16.2. The molecule has 3 N–H and O–H groups in total. The lowest BCUT2D eigenvalue weighted by Crippen LogP contribution is -2.47. The first-order chi connectivity index (χ1) is 10.4. The van der Waals surface area contributed by atoms with Gasteiger partial charge in [-0.05, 0) is 23.8 Å². The molecule has 0 saturated carbocycles. The quantitative estimate of drug-likeness (QED) is 0.776. The van der Waals surface area contributed by atoms with Crippen LogP contribution in [0.2, 0.25) is 0 Å². The van der Waals surface area contributed by atoms with Crippen LogP contribution in [0.5, 0.6) is 0 Å². The average molecular weight is 330 g/mol. The molecule has 4 nitrogen and oxygen atoms in total. The van der Waals surface area contributed by atoms with Gasteiger partial charge in [0.15, 0.2) is 0 Å². The summed E-state index contributed by atoms with van der Waals surface area (Å²) in [6.45, 7) is 2.17. The molecule has 0 aliphatic carbocycles. The molecule has 122 valence electrons. The van der Waals surface area contributed by atoms with E-state index in [4.69, 9.17) is 0 Å². The highest BCUT2D eigenvalue weighted by atomic mass is 32.2. The van der Waals surface area contributed by atoms with Gasteiger partial charge in [0.05, 0.1) is 5.60 Å². The van der Waals surface area contributed by atoms with Crippen LogP contribution < -0.4 is 10.6 Å². The number of carbonyl (C=O) groups excluding carboxylic acids is 1. The van der Waals surface area contributed by atoms with Gasteiger partial charge < -0.3 is 15.7 Å². The van der Waals surface area contributed by atoms with E-state index in [9.17, 15) is 18.7 Å². The average Bonchev–Trinajstić information content (AvgIpc) is 2.90. The van der Waals surface area contributed by atoms with Crippen LogP contribution in [0.25, 0.3) is 0 Å². The Morgan fingerprint density at radius 2 is 2.23 bits per heavy atom. The Hall–Kier alpha value is -1.34. The number of hydrogen-bond donors (Lipinski definition) is 3. The van der Waals surface area contributed by atoms with E-state index >= 15 is 0 Å². The summed E-state index contributed by atoms with van der Waals surface area (Å²) in [5.41, 5.74) is -0.482. The Balaban J connectivity index is 1.78.